The molecule has 0 aliphatic carbocycles. The maximum atomic E-state index is 13.0. The van der Waals surface area contributed by atoms with Crippen molar-refractivity contribution in [1.82, 2.24) is 34.9 Å². The Hall–Kier alpha value is -5.32. The van der Waals surface area contributed by atoms with E-state index >= 15 is 0 Å². The molecule has 2 aromatic carbocycles. The number of H-pyrrole nitrogens is 1. The number of aromatic amines is 1. The summed E-state index contributed by atoms with van der Waals surface area (Å²) in [5.41, 5.74) is 2.33. The molecule has 0 spiro atoms. The zero-order valence-corrected chi connectivity index (χ0v) is 24.0. The summed E-state index contributed by atoms with van der Waals surface area (Å²) in [6.45, 7) is 3.11. The SMILES string of the molecule is C#Cc1cc(OCCOC2CCCCO2)cc(C(Nc2ccc(-c3noc(C)n3)cc2)c2nn(-c3ncccn3)c(=O)[nH]2)c1. The largest absolute Gasteiger partial charge is 0.491 e. The fraction of sp³-hybridized carbons (Fsp3) is 0.290. The molecule has 1 aliphatic heterocycles. The molecule has 0 radical (unpaired) electrons. The van der Waals surface area contributed by atoms with Crippen LogP contribution >= 0.6 is 0 Å². The minimum Gasteiger partial charge on any atom is -0.491 e. The molecule has 0 bridgehead atoms. The molecular weight excluding hydrogens is 564 g/mol. The first-order valence-corrected chi connectivity index (χ1v) is 14.2. The van der Waals surface area contributed by atoms with Crippen LogP contribution in [0.15, 0.2) is 70.2 Å². The quantitative estimate of drug-likeness (QED) is 0.169. The number of aryl methyl sites for hydroxylation is 1. The topological polar surface area (TPSA) is 155 Å². The molecule has 6 rings (SSSR count). The third kappa shape index (κ3) is 6.83. The van der Waals surface area contributed by atoms with Crippen LogP contribution in [0.5, 0.6) is 5.75 Å². The average Bonchev–Trinajstić information content (AvgIpc) is 3.68. The maximum absolute atomic E-state index is 13.0. The van der Waals surface area contributed by atoms with Gasteiger partial charge in [-0.3, -0.25) is 4.98 Å². The van der Waals surface area contributed by atoms with Crippen LogP contribution in [0.2, 0.25) is 0 Å². The summed E-state index contributed by atoms with van der Waals surface area (Å²) in [6, 6.07) is 14.0. The monoisotopic (exact) mass is 594 g/mol. The van der Waals surface area contributed by atoms with E-state index in [9.17, 15) is 4.79 Å². The second-order valence-corrected chi connectivity index (χ2v) is 10.0. The predicted octanol–water partition coefficient (Wildman–Crippen LogP) is 3.81. The van der Waals surface area contributed by atoms with E-state index in [-0.39, 0.29) is 12.2 Å². The highest BCUT2D eigenvalue weighted by Crippen LogP contribution is 2.29. The second kappa shape index (κ2) is 13.3. The first-order valence-electron chi connectivity index (χ1n) is 14.2. The summed E-state index contributed by atoms with van der Waals surface area (Å²) >= 11 is 0. The van der Waals surface area contributed by atoms with Gasteiger partial charge in [0.1, 0.15) is 18.4 Å². The van der Waals surface area contributed by atoms with Gasteiger partial charge < -0.3 is 24.1 Å². The zero-order chi connectivity index (χ0) is 30.3. The van der Waals surface area contributed by atoms with Crippen molar-refractivity contribution in [3.05, 3.63) is 94.3 Å². The smallest absolute Gasteiger partial charge is 0.350 e. The Kier molecular flexibility index (Phi) is 8.72. The van der Waals surface area contributed by atoms with Crippen LogP contribution in [0.3, 0.4) is 0 Å². The van der Waals surface area contributed by atoms with Gasteiger partial charge in [0.15, 0.2) is 12.1 Å². The lowest BCUT2D eigenvalue weighted by Crippen LogP contribution is -2.24. The molecule has 3 aromatic heterocycles. The van der Waals surface area contributed by atoms with Gasteiger partial charge in [0, 0.05) is 42.7 Å². The Labute approximate surface area is 252 Å². The van der Waals surface area contributed by atoms with E-state index in [4.69, 9.17) is 25.2 Å². The molecule has 1 saturated heterocycles. The normalized spacial score (nSPS) is 15.4. The number of benzene rings is 2. The molecule has 44 heavy (non-hydrogen) atoms. The van der Waals surface area contributed by atoms with Gasteiger partial charge in [-0.1, -0.05) is 11.1 Å². The summed E-state index contributed by atoms with van der Waals surface area (Å²) in [5, 5.41) is 12.0. The van der Waals surface area contributed by atoms with Crippen molar-refractivity contribution in [2.75, 3.05) is 25.1 Å². The van der Waals surface area contributed by atoms with Crippen molar-refractivity contribution in [3.63, 3.8) is 0 Å². The van der Waals surface area contributed by atoms with E-state index in [0.29, 0.717) is 54.2 Å². The van der Waals surface area contributed by atoms with E-state index in [1.807, 2.05) is 36.4 Å². The second-order valence-electron chi connectivity index (χ2n) is 10.0. The van der Waals surface area contributed by atoms with Crippen LogP contribution in [-0.2, 0) is 9.47 Å². The molecule has 13 heteroatoms. The lowest BCUT2D eigenvalue weighted by molar-refractivity contribution is -0.165. The number of rotatable bonds is 11. The van der Waals surface area contributed by atoms with Crippen molar-refractivity contribution in [2.24, 2.45) is 0 Å². The van der Waals surface area contributed by atoms with Gasteiger partial charge in [-0.2, -0.15) is 4.98 Å². The molecule has 1 fully saturated rings. The molecule has 2 unspecified atom stereocenters. The molecule has 0 amide bonds. The number of hydrogen-bond donors (Lipinski definition) is 2. The van der Waals surface area contributed by atoms with Crippen LogP contribution in [0.4, 0.5) is 5.69 Å². The molecule has 2 atom stereocenters. The molecule has 4 heterocycles. The molecule has 0 saturated carbocycles. The van der Waals surface area contributed by atoms with Crippen molar-refractivity contribution in [1.29, 1.82) is 0 Å². The van der Waals surface area contributed by atoms with Crippen LogP contribution in [0, 0.1) is 19.3 Å². The van der Waals surface area contributed by atoms with Crippen molar-refractivity contribution >= 4 is 5.69 Å². The highest BCUT2D eigenvalue weighted by molar-refractivity contribution is 5.60. The molecular formula is C31H30N8O5. The molecule has 1 aliphatic rings. The maximum Gasteiger partial charge on any atom is 0.350 e. The molecule has 5 aromatic rings. The fourth-order valence-electron chi connectivity index (χ4n) is 4.75. The first-order chi connectivity index (χ1) is 21.6. The van der Waals surface area contributed by atoms with Crippen molar-refractivity contribution in [3.8, 4) is 35.4 Å². The van der Waals surface area contributed by atoms with E-state index < -0.39 is 11.7 Å². The molecule has 13 nitrogen and oxygen atoms in total. The number of terminal acetylenes is 1. The number of hydrogen-bond acceptors (Lipinski definition) is 11. The van der Waals surface area contributed by atoms with Crippen LogP contribution in [0.25, 0.3) is 17.3 Å². The van der Waals surface area contributed by atoms with Crippen LogP contribution < -0.4 is 15.7 Å². The fourth-order valence-corrected chi connectivity index (χ4v) is 4.75. The van der Waals surface area contributed by atoms with E-state index in [0.717, 1.165) is 35.2 Å². The number of nitrogens with zero attached hydrogens (tertiary/aromatic N) is 6. The number of ether oxygens (including phenoxy) is 3. The van der Waals surface area contributed by atoms with Gasteiger partial charge in [-0.05, 0) is 73.4 Å². The highest BCUT2D eigenvalue weighted by Gasteiger charge is 2.23. The Morgan fingerprint density at radius 1 is 1.16 bits per heavy atom. The summed E-state index contributed by atoms with van der Waals surface area (Å²) in [7, 11) is 0. The van der Waals surface area contributed by atoms with Gasteiger partial charge >= 0.3 is 5.69 Å². The van der Waals surface area contributed by atoms with E-state index in [2.05, 4.69) is 41.4 Å². The van der Waals surface area contributed by atoms with Gasteiger partial charge in [0.05, 0.1) is 6.61 Å². The standard InChI is InChI=1S/C31H30N8O5/c1-3-21-17-23(19-25(18-21)41-15-16-43-26-7-4-5-14-42-26)27(29-36-31(40)39(37-29)30-32-12-6-13-33-30)35-24-10-8-22(9-11-24)28-34-20(2)44-38-28/h1,6,8-13,17-19,26-27,35H,4-5,7,14-16H2,2H3,(H,36,37,40). The van der Waals surface area contributed by atoms with Gasteiger partial charge in [-0.25, -0.2) is 14.8 Å². The molecule has 2 N–H and O–H groups in total. The Bertz CT molecular complexity index is 1790. The zero-order valence-electron chi connectivity index (χ0n) is 24.0. The van der Waals surface area contributed by atoms with Gasteiger partial charge in [0.2, 0.25) is 11.7 Å². The molecule has 224 valence electrons. The minimum absolute atomic E-state index is 0.141. The van der Waals surface area contributed by atoms with Crippen molar-refractivity contribution < 1.29 is 18.7 Å². The van der Waals surface area contributed by atoms with Gasteiger partial charge in [-0.15, -0.1) is 16.2 Å². The number of aromatic nitrogens is 7. The Morgan fingerprint density at radius 2 is 2.00 bits per heavy atom. The first kappa shape index (κ1) is 28.8. The summed E-state index contributed by atoms with van der Waals surface area (Å²) in [4.78, 5) is 28.4. The van der Waals surface area contributed by atoms with E-state index in [1.165, 1.54) is 12.4 Å². The highest BCUT2D eigenvalue weighted by atomic mass is 16.7. The lowest BCUT2D eigenvalue weighted by Gasteiger charge is -2.23. The number of nitrogens with one attached hydrogen (secondary N) is 2. The predicted molar refractivity (Wildman–Crippen MR) is 159 cm³/mol. The van der Waals surface area contributed by atoms with E-state index in [1.54, 1.807) is 19.1 Å². The Balaban J connectivity index is 1.29. The third-order valence-corrected chi connectivity index (χ3v) is 6.85. The van der Waals surface area contributed by atoms with Crippen molar-refractivity contribution in [2.45, 2.75) is 38.5 Å². The number of anilines is 1. The van der Waals surface area contributed by atoms with Crippen LogP contribution in [-0.4, -0.2) is 61.0 Å². The lowest BCUT2D eigenvalue weighted by atomic mass is 10.0. The summed E-state index contributed by atoms with van der Waals surface area (Å²) < 4.78 is 23.7. The minimum atomic E-state index is -0.645. The summed E-state index contributed by atoms with van der Waals surface area (Å²) in [5.74, 6) is 4.66. The van der Waals surface area contributed by atoms with Gasteiger partial charge in [0.25, 0.3) is 5.95 Å². The third-order valence-electron chi connectivity index (χ3n) is 6.85. The Morgan fingerprint density at radius 3 is 2.73 bits per heavy atom. The van der Waals surface area contributed by atoms with Crippen LogP contribution in [0.1, 0.15) is 48.1 Å². The summed E-state index contributed by atoms with van der Waals surface area (Å²) in [6.07, 6.45) is 11.7. The average molecular weight is 595 g/mol.